The van der Waals surface area contributed by atoms with Gasteiger partial charge in [0.2, 0.25) is 5.91 Å². The maximum Gasteiger partial charge on any atom is 0.272 e. The molecule has 0 radical (unpaired) electrons. The monoisotopic (exact) mass is 265 g/mol. The lowest BCUT2D eigenvalue weighted by atomic mass is 10.2. The second kappa shape index (κ2) is 6.67. The van der Waals surface area contributed by atoms with Crippen LogP contribution >= 0.6 is 0 Å². The van der Waals surface area contributed by atoms with Gasteiger partial charge in [-0.3, -0.25) is 9.59 Å². The first-order valence-corrected chi connectivity index (χ1v) is 6.13. The Morgan fingerprint density at radius 3 is 2.63 bits per heavy atom. The minimum atomic E-state index is -0.479. The fourth-order valence-electron chi connectivity index (χ4n) is 1.37. The Balaban J connectivity index is 2.76. The van der Waals surface area contributed by atoms with Gasteiger partial charge in [0.25, 0.3) is 5.91 Å². The van der Waals surface area contributed by atoms with Gasteiger partial charge >= 0.3 is 0 Å². The van der Waals surface area contributed by atoms with Crippen LogP contribution in [0.4, 0.5) is 5.69 Å². The average Bonchev–Trinajstić information content (AvgIpc) is 2.36. The molecule has 7 nitrogen and oxygen atoms in total. The fraction of sp³-hybridized carbons (Fsp3) is 0.500. The molecule has 2 amide bonds. The van der Waals surface area contributed by atoms with Crippen LogP contribution in [0.5, 0.6) is 0 Å². The first-order chi connectivity index (χ1) is 8.95. The molecule has 19 heavy (non-hydrogen) atoms. The highest BCUT2D eigenvalue weighted by atomic mass is 16.2. The molecular formula is C12H19N5O2. The van der Waals surface area contributed by atoms with Crippen molar-refractivity contribution in [3.05, 3.63) is 17.7 Å². The first kappa shape index (κ1) is 14.9. The predicted molar refractivity (Wildman–Crippen MR) is 71.6 cm³/mol. The van der Waals surface area contributed by atoms with E-state index in [9.17, 15) is 9.59 Å². The molecule has 1 aromatic heterocycles. The van der Waals surface area contributed by atoms with Crippen molar-refractivity contribution in [3.63, 3.8) is 0 Å². The van der Waals surface area contributed by atoms with Crippen LogP contribution < -0.4 is 16.4 Å². The Bertz CT molecular complexity index is 473. The predicted octanol–water partition coefficient (Wildman–Crippen LogP) is 0.0481. The average molecular weight is 265 g/mol. The van der Waals surface area contributed by atoms with Gasteiger partial charge in [0.1, 0.15) is 5.82 Å². The van der Waals surface area contributed by atoms with Crippen LogP contribution in [0.1, 0.15) is 43.0 Å². The van der Waals surface area contributed by atoms with Gasteiger partial charge in [-0.05, 0) is 6.92 Å². The van der Waals surface area contributed by atoms with Crippen molar-refractivity contribution in [3.8, 4) is 0 Å². The molecule has 0 saturated heterocycles. The van der Waals surface area contributed by atoms with Gasteiger partial charge in [0.15, 0.2) is 5.69 Å². The number of hydrogen-bond acceptors (Lipinski definition) is 5. The molecule has 0 atom stereocenters. The van der Waals surface area contributed by atoms with Gasteiger partial charge in [-0.1, -0.05) is 13.8 Å². The highest BCUT2D eigenvalue weighted by molar-refractivity contribution is 5.98. The van der Waals surface area contributed by atoms with Gasteiger partial charge in [-0.2, -0.15) is 0 Å². The number of amides is 2. The van der Waals surface area contributed by atoms with Gasteiger partial charge < -0.3 is 16.4 Å². The summed E-state index contributed by atoms with van der Waals surface area (Å²) in [4.78, 5) is 31.3. The fourth-order valence-corrected chi connectivity index (χ4v) is 1.37. The number of nitrogen functional groups attached to an aromatic ring is 1. The molecule has 1 rings (SSSR count). The molecule has 0 aliphatic rings. The number of carbonyl (C=O) groups is 2. The third-order valence-corrected chi connectivity index (χ3v) is 2.35. The van der Waals surface area contributed by atoms with E-state index in [1.807, 2.05) is 13.8 Å². The lowest BCUT2D eigenvalue weighted by molar-refractivity contribution is -0.120. The molecule has 0 saturated carbocycles. The summed E-state index contributed by atoms with van der Waals surface area (Å²) in [7, 11) is 0. The normalized spacial score (nSPS) is 10.3. The summed E-state index contributed by atoms with van der Waals surface area (Å²) in [6.07, 6.45) is 1.41. The molecule has 1 heterocycles. The van der Waals surface area contributed by atoms with E-state index in [0.29, 0.717) is 12.4 Å². The Morgan fingerprint density at radius 2 is 2.05 bits per heavy atom. The lowest BCUT2D eigenvalue weighted by Gasteiger charge is -2.09. The largest absolute Gasteiger partial charge is 0.396 e. The molecule has 7 heteroatoms. The topological polar surface area (TPSA) is 110 Å². The van der Waals surface area contributed by atoms with E-state index in [-0.39, 0.29) is 29.8 Å². The third kappa shape index (κ3) is 4.20. The SMILES string of the molecule is CCNC(=O)CNC(=O)c1nc(C(C)C)ncc1N. The van der Waals surface area contributed by atoms with Gasteiger partial charge in [-0.25, -0.2) is 9.97 Å². The Hall–Kier alpha value is -2.18. The zero-order valence-electron chi connectivity index (χ0n) is 11.4. The molecule has 0 fully saturated rings. The van der Waals surface area contributed by atoms with Gasteiger partial charge in [0, 0.05) is 12.5 Å². The van der Waals surface area contributed by atoms with Crippen LogP contribution in [0.15, 0.2) is 6.20 Å². The van der Waals surface area contributed by atoms with Crippen LogP contribution in [-0.4, -0.2) is 34.9 Å². The molecular weight excluding hydrogens is 246 g/mol. The standard InChI is InChI=1S/C12H19N5O2/c1-4-14-9(18)6-16-12(19)10-8(13)5-15-11(17-10)7(2)3/h5,7H,4,6,13H2,1-3H3,(H,14,18)(H,16,19). The maximum absolute atomic E-state index is 11.9. The number of rotatable bonds is 5. The molecule has 1 aromatic rings. The zero-order valence-corrected chi connectivity index (χ0v) is 11.4. The number of nitrogens with two attached hydrogens (primary N) is 1. The van der Waals surface area contributed by atoms with Crippen LogP contribution in [0.2, 0.25) is 0 Å². The van der Waals surface area contributed by atoms with E-state index in [4.69, 9.17) is 5.73 Å². The van der Waals surface area contributed by atoms with Gasteiger partial charge in [-0.15, -0.1) is 0 Å². The smallest absolute Gasteiger partial charge is 0.272 e. The van der Waals surface area contributed by atoms with Crippen LogP contribution in [0.3, 0.4) is 0 Å². The van der Waals surface area contributed by atoms with E-state index in [1.165, 1.54) is 6.20 Å². The molecule has 0 aliphatic heterocycles. The first-order valence-electron chi connectivity index (χ1n) is 6.13. The molecule has 0 aliphatic carbocycles. The number of anilines is 1. The maximum atomic E-state index is 11.9. The summed E-state index contributed by atoms with van der Waals surface area (Å²) >= 11 is 0. The number of hydrogen-bond donors (Lipinski definition) is 3. The lowest BCUT2D eigenvalue weighted by Crippen LogP contribution is -2.37. The third-order valence-electron chi connectivity index (χ3n) is 2.35. The number of nitrogens with one attached hydrogen (secondary N) is 2. The van der Waals surface area contributed by atoms with Crippen LogP contribution in [0.25, 0.3) is 0 Å². The van der Waals surface area contributed by atoms with Crippen molar-refractivity contribution in [1.82, 2.24) is 20.6 Å². The summed E-state index contributed by atoms with van der Waals surface area (Å²) in [6, 6.07) is 0. The van der Waals surface area contributed by atoms with Crippen molar-refractivity contribution >= 4 is 17.5 Å². The highest BCUT2D eigenvalue weighted by Crippen LogP contribution is 2.13. The second-order valence-corrected chi connectivity index (χ2v) is 4.32. The van der Waals surface area contributed by atoms with E-state index in [1.54, 1.807) is 6.92 Å². The van der Waals surface area contributed by atoms with Crippen molar-refractivity contribution < 1.29 is 9.59 Å². The summed E-state index contributed by atoms with van der Waals surface area (Å²) in [6.45, 7) is 6.05. The van der Waals surface area contributed by atoms with Crippen LogP contribution in [-0.2, 0) is 4.79 Å². The van der Waals surface area contributed by atoms with Gasteiger partial charge in [0.05, 0.1) is 18.4 Å². The van der Waals surface area contributed by atoms with E-state index < -0.39 is 5.91 Å². The molecule has 104 valence electrons. The van der Waals surface area contributed by atoms with E-state index >= 15 is 0 Å². The zero-order chi connectivity index (χ0) is 14.4. The number of likely N-dealkylation sites (N-methyl/N-ethyl adjacent to an activating group) is 1. The molecule has 0 aromatic carbocycles. The number of nitrogens with zero attached hydrogens (tertiary/aromatic N) is 2. The molecule has 0 unspecified atom stereocenters. The second-order valence-electron chi connectivity index (χ2n) is 4.32. The Labute approximate surface area is 112 Å². The van der Waals surface area contributed by atoms with Crippen molar-refractivity contribution in [1.29, 1.82) is 0 Å². The van der Waals surface area contributed by atoms with Crippen molar-refractivity contribution in [2.75, 3.05) is 18.8 Å². The summed E-state index contributed by atoms with van der Waals surface area (Å²) in [5.74, 6) is -0.103. The minimum absolute atomic E-state index is 0.0931. The Morgan fingerprint density at radius 1 is 1.37 bits per heavy atom. The highest BCUT2D eigenvalue weighted by Gasteiger charge is 2.15. The van der Waals surface area contributed by atoms with Crippen molar-refractivity contribution in [2.24, 2.45) is 0 Å². The molecule has 4 N–H and O–H groups in total. The van der Waals surface area contributed by atoms with Crippen LogP contribution in [0, 0.1) is 0 Å². The summed E-state index contributed by atoms with van der Waals surface area (Å²) < 4.78 is 0. The number of carbonyl (C=O) groups excluding carboxylic acids is 2. The van der Waals surface area contributed by atoms with E-state index in [2.05, 4.69) is 20.6 Å². The summed E-state index contributed by atoms with van der Waals surface area (Å²) in [5, 5.41) is 5.05. The molecule has 0 spiro atoms. The quantitative estimate of drug-likeness (QED) is 0.696. The minimum Gasteiger partial charge on any atom is -0.396 e. The van der Waals surface area contributed by atoms with E-state index in [0.717, 1.165) is 0 Å². The number of aromatic nitrogens is 2. The molecule has 0 bridgehead atoms. The summed E-state index contributed by atoms with van der Waals surface area (Å²) in [5.41, 5.74) is 5.96. The van der Waals surface area contributed by atoms with Crippen molar-refractivity contribution in [2.45, 2.75) is 26.7 Å². The Kier molecular flexibility index (Phi) is 5.23.